The minimum Gasteiger partial charge on any atom is -0.354 e. The molecule has 1 fully saturated rings. The maximum Gasteiger partial charge on any atom is 0.236 e. The van der Waals surface area contributed by atoms with Gasteiger partial charge in [0, 0.05) is 6.54 Å². The zero-order chi connectivity index (χ0) is 11.8. The zero-order valence-electron chi connectivity index (χ0n) is 10.2. The van der Waals surface area contributed by atoms with Crippen LogP contribution in [0.5, 0.6) is 0 Å². The van der Waals surface area contributed by atoms with Gasteiger partial charge in [0.15, 0.2) is 0 Å². The average molecular weight is 244 g/mol. The quantitative estimate of drug-likeness (QED) is 0.748. The van der Waals surface area contributed by atoms with Crippen LogP contribution in [0.15, 0.2) is 0 Å². The van der Waals surface area contributed by atoms with Crippen LogP contribution in [-0.4, -0.2) is 30.5 Å². The van der Waals surface area contributed by atoms with Crippen molar-refractivity contribution < 1.29 is 4.79 Å². The molecule has 0 saturated heterocycles. The first-order valence-corrected chi connectivity index (χ1v) is 7.65. The van der Waals surface area contributed by atoms with E-state index in [0.29, 0.717) is 5.92 Å². The maximum atomic E-state index is 11.6. The van der Waals surface area contributed by atoms with Crippen molar-refractivity contribution in [1.29, 1.82) is 0 Å². The Balaban J connectivity index is 2.12. The molecule has 1 saturated carbocycles. The van der Waals surface area contributed by atoms with E-state index in [9.17, 15) is 4.79 Å². The van der Waals surface area contributed by atoms with E-state index in [1.54, 1.807) is 11.8 Å². The molecule has 1 rings (SSSR count). The highest BCUT2D eigenvalue weighted by Crippen LogP contribution is 2.22. The van der Waals surface area contributed by atoms with E-state index >= 15 is 0 Å². The van der Waals surface area contributed by atoms with Crippen molar-refractivity contribution in [2.24, 2.45) is 11.7 Å². The Hall–Kier alpha value is -0.220. The van der Waals surface area contributed by atoms with Crippen LogP contribution in [0.2, 0.25) is 0 Å². The number of nitrogens with two attached hydrogens (primary N) is 1. The Morgan fingerprint density at radius 1 is 1.44 bits per heavy atom. The molecule has 0 aromatic carbocycles. The first-order valence-electron chi connectivity index (χ1n) is 6.26. The first-order chi connectivity index (χ1) is 7.74. The van der Waals surface area contributed by atoms with E-state index < -0.39 is 0 Å². The third-order valence-electron chi connectivity index (χ3n) is 3.26. The molecule has 0 radical (unpaired) electrons. The summed E-state index contributed by atoms with van der Waals surface area (Å²) in [5.41, 5.74) is 5.79. The molecule has 0 aliphatic heterocycles. The molecule has 0 unspecified atom stereocenters. The smallest absolute Gasteiger partial charge is 0.236 e. The number of carbonyl (C=O) groups is 1. The lowest BCUT2D eigenvalue weighted by atomic mass is 9.89. The summed E-state index contributed by atoms with van der Waals surface area (Å²) in [4.78, 5) is 11.6. The predicted molar refractivity (Wildman–Crippen MR) is 70.6 cm³/mol. The Bertz CT molecular complexity index is 205. The molecule has 1 aliphatic carbocycles. The summed E-state index contributed by atoms with van der Waals surface area (Å²) in [6.45, 7) is 0.825. The predicted octanol–water partition coefficient (Wildman–Crippen LogP) is 1.76. The van der Waals surface area contributed by atoms with E-state index in [-0.39, 0.29) is 11.9 Å². The van der Waals surface area contributed by atoms with Crippen molar-refractivity contribution >= 4 is 17.7 Å². The summed E-state index contributed by atoms with van der Waals surface area (Å²) in [6.07, 6.45) is 9.33. The van der Waals surface area contributed by atoms with Gasteiger partial charge in [0.05, 0.1) is 6.04 Å². The molecule has 1 atom stereocenters. The normalized spacial score (nSPS) is 19.4. The van der Waals surface area contributed by atoms with Crippen molar-refractivity contribution in [3.63, 3.8) is 0 Å². The number of carbonyl (C=O) groups excluding carboxylic acids is 1. The summed E-state index contributed by atoms with van der Waals surface area (Å²) in [7, 11) is 0. The van der Waals surface area contributed by atoms with E-state index in [1.165, 1.54) is 32.1 Å². The summed E-state index contributed by atoms with van der Waals surface area (Å²) in [6, 6.07) is -0.323. The fraction of sp³-hybridized carbons (Fsp3) is 0.917. The molecular weight excluding hydrogens is 220 g/mol. The molecule has 94 valence electrons. The van der Waals surface area contributed by atoms with Gasteiger partial charge < -0.3 is 11.1 Å². The van der Waals surface area contributed by atoms with Gasteiger partial charge in [0.2, 0.25) is 5.91 Å². The zero-order valence-corrected chi connectivity index (χ0v) is 11.0. The van der Waals surface area contributed by atoms with E-state index in [2.05, 4.69) is 5.32 Å². The Morgan fingerprint density at radius 2 is 2.12 bits per heavy atom. The maximum absolute atomic E-state index is 11.6. The highest BCUT2D eigenvalue weighted by Gasteiger charge is 2.17. The van der Waals surface area contributed by atoms with Crippen LogP contribution in [0, 0.1) is 5.92 Å². The molecule has 3 nitrogen and oxygen atoms in total. The number of amides is 1. The summed E-state index contributed by atoms with van der Waals surface area (Å²) in [5, 5.41) is 2.99. The second kappa shape index (κ2) is 7.96. The lowest BCUT2D eigenvalue weighted by molar-refractivity contribution is -0.122. The van der Waals surface area contributed by atoms with Gasteiger partial charge in [-0.15, -0.1) is 0 Å². The summed E-state index contributed by atoms with van der Waals surface area (Å²) < 4.78 is 0. The van der Waals surface area contributed by atoms with E-state index in [0.717, 1.165) is 18.7 Å². The third-order valence-corrected chi connectivity index (χ3v) is 3.90. The summed E-state index contributed by atoms with van der Waals surface area (Å²) in [5.74, 6) is 1.67. The number of rotatable bonds is 6. The van der Waals surface area contributed by atoms with Crippen LogP contribution in [0.25, 0.3) is 0 Å². The molecule has 0 bridgehead atoms. The van der Waals surface area contributed by atoms with E-state index in [1.807, 2.05) is 6.26 Å². The summed E-state index contributed by atoms with van der Waals surface area (Å²) >= 11 is 1.73. The topological polar surface area (TPSA) is 55.1 Å². The van der Waals surface area contributed by atoms with E-state index in [4.69, 9.17) is 5.73 Å². The minimum atomic E-state index is -0.323. The van der Waals surface area contributed by atoms with Gasteiger partial charge in [0.1, 0.15) is 0 Å². The highest BCUT2D eigenvalue weighted by atomic mass is 32.2. The average Bonchev–Trinajstić information content (AvgIpc) is 2.34. The van der Waals surface area contributed by atoms with Gasteiger partial charge >= 0.3 is 0 Å². The number of hydrogen-bond acceptors (Lipinski definition) is 3. The van der Waals surface area contributed by atoms with Gasteiger partial charge in [-0.3, -0.25) is 4.79 Å². The molecule has 0 heterocycles. The Labute approximate surface area is 103 Å². The molecule has 3 N–H and O–H groups in total. The second-order valence-electron chi connectivity index (χ2n) is 4.64. The highest BCUT2D eigenvalue weighted by molar-refractivity contribution is 7.98. The molecule has 4 heteroatoms. The number of nitrogens with one attached hydrogen (secondary N) is 1. The molecule has 0 aromatic rings. The molecule has 1 aliphatic rings. The minimum absolute atomic E-state index is 0.0274. The fourth-order valence-electron chi connectivity index (χ4n) is 2.14. The largest absolute Gasteiger partial charge is 0.354 e. The van der Waals surface area contributed by atoms with Crippen LogP contribution >= 0.6 is 11.8 Å². The molecule has 16 heavy (non-hydrogen) atoms. The fourth-order valence-corrected chi connectivity index (χ4v) is 2.63. The molecule has 1 amide bonds. The van der Waals surface area contributed by atoms with Crippen LogP contribution in [0.3, 0.4) is 0 Å². The van der Waals surface area contributed by atoms with Crippen LogP contribution in [0.4, 0.5) is 0 Å². The monoisotopic (exact) mass is 244 g/mol. The van der Waals surface area contributed by atoms with Crippen LogP contribution < -0.4 is 11.1 Å². The lowest BCUT2D eigenvalue weighted by Gasteiger charge is -2.22. The Morgan fingerprint density at radius 3 is 2.75 bits per heavy atom. The van der Waals surface area contributed by atoms with Crippen molar-refractivity contribution in [1.82, 2.24) is 5.32 Å². The van der Waals surface area contributed by atoms with Gasteiger partial charge in [-0.25, -0.2) is 0 Å². The second-order valence-corrected chi connectivity index (χ2v) is 5.62. The van der Waals surface area contributed by atoms with Crippen molar-refractivity contribution in [2.45, 2.75) is 44.6 Å². The van der Waals surface area contributed by atoms with Crippen molar-refractivity contribution in [3.05, 3.63) is 0 Å². The lowest BCUT2D eigenvalue weighted by Crippen LogP contribution is -2.42. The van der Waals surface area contributed by atoms with Crippen LogP contribution in [-0.2, 0) is 4.79 Å². The third kappa shape index (κ3) is 5.21. The standard InChI is InChI=1S/C12H24N2OS/c1-16-8-7-11(13)12(15)14-9-10-5-3-2-4-6-10/h10-11H,2-9,13H2,1H3,(H,14,15)/t11-/m0/s1. The van der Waals surface area contributed by atoms with Crippen molar-refractivity contribution in [2.75, 3.05) is 18.6 Å². The SMILES string of the molecule is CSCC[C@H](N)C(=O)NCC1CCCCC1. The van der Waals surface area contributed by atoms with Crippen molar-refractivity contribution in [3.8, 4) is 0 Å². The molecule has 0 aromatic heterocycles. The van der Waals surface area contributed by atoms with Gasteiger partial charge in [-0.1, -0.05) is 19.3 Å². The van der Waals surface area contributed by atoms with Gasteiger partial charge in [0.25, 0.3) is 0 Å². The molecular formula is C12H24N2OS. The number of hydrogen-bond donors (Lipinski definition) is 2. The number of thioether (sulfide) groups is 1. The van der Waals surface area contributed by atoms with Crippen LogP contribution in [0.1, 0.15) is 38.5 Å². The van der Waals surface area contributed by atoms with Gasteiger partial charge in [-0.05, 0) is 37.2 Å². The first kappa shape index (κ1) is 13.8. The van der Waals surface area contributed by atoms with Gasteiger partial charge in [-0.2, -0.15) is 11.8 Å². The molecule has 0 spiro atoms. The Kier molecular flexibility index (Phi) is 6.88.